The topological polar surface area (TPSA) is 72.5 Å². The molecule has 0 saturated heterocycles. The van der Waals surface area contributed by atoms with Crippen molar-refractivity contribution in [2.24, 2.45) is 11.7 Å². The quantitative estimate of drug-likeness (QED) is 0.757. The summed E-state index contributed by atoms with van der Waals surface area (Å²) >= 11 is 0. The Morgan fingerprint density at radius 3 is 1.89 bits per heavy atom. The van der Waals surface area contributed by atoms with Gasteiger partial charge in [-0.05, 0) is 18.8 Å². The summed E-state index contributed by atoms with van der Waals surface area (Å²) in [5.41, 5.74) is 3.09. The molecule has 0 heterocycles. The number of aliphatic carboxylic acids is 1. The number of alkyl halides is 6. The van der Waals surface area contributed by atoms with Crippen molar-refractivity contribution in [1.29, 1.82) is 0 Å². The summed E-state index contributed by atoms with van der Waals surface area (Å²) < 4.78 is 76.8. The number of hydrogen-bond donors (Lipinski definition) is 2. The van der Waals surface area contributed by atoms with Gasteiger partial charge < -0.3 is 15.6 Å². The Bertz CT molecular complexity index is 337. The maximum absolute atomic E-state index is 12.2. The molecule has 19 heavy (non-hydrogen) atoms. The lowest BCUT2D eigenvalue weighted by Gasteiger charge is -2.29. The predicted octanol–water partition coefficient (Wildman–Crippen LogP) is 1.69. The first kappa shape index (κ1) is 16.0. The summed E-state index contributed by atoms with van der Waals surface area (Å²) in [5.74, 6) is -2.36. The maximum atomic E-state index is 12.2. The zero-order chi connectivity index (χ0) is 15.1. The highest BCUT2D eigenvalue weighted by Gasteiger charge is 2.59. The fraction of sp³-hybridized carbons (Fsp3) is 0.889. The van der Waals surface area contributed by atoms with E-state index in [1.165, 1.54) is 0 Å². The zero-order valence-corrected chi connectivity index (χ0v) is 9.38. The molecule has 0 aromatic heterocycles. The van der Waals surface area contributed by atoms with Gasteiger partial charge in [-0.15, -0.1) is 0 Å². The molecule has 0 radical (unpaired) electrons. The van der Waals surface area contributed by atoms with E-state index in [0.29, 0.717) is 12.8 Å². The maximum Gasteiger partial charge on any atom is 0.423 e. The summed E-state index contributed by atoms with van der Waals surface area (Å²) in [6.45, 7) is -1.35. The molecule has 1 unspecified atom stereocenters. The van der Waals surface area contributed by atoms with E-state index in [1.807, 2.05) is 0 Å². The van der Waals surface area contributed by atoms with Gasteiger partial charge in [-0.2, -0.15) is 26.3 Å². The highest BCUT2D eigenvalue weighted by molar-refractivity contribution is 5.79. The number of rotatable bonds is 5. The summed E-state index contributed by atoms with van der Waals surface area (Å²) in [6.07, 6.45) is -14.7. The SMILES string of the molecule is NC(COC(C(F)(F)F)C(F)(F)F)(C(=O)O)C1CC1. The van der Waals surface area contributed by atoms with Gasteiger partial charge in [-0.3, -0.25) is 4.79 Å². The van der Waals surface area contributed by atoms with Crippen LogP contribution >= 0.6 is 0 Å². The van der Waals surface area contributed by atoms with Gasteiger partial charge in [0.15, 0.2) is 0 Å². The van der Waals surface area contributed by atoms with Crippen LogP contribution in [-0.2, 0) is 9.53 Å². The predicted molar refractivity (Wildman–Crippen MR) is 49.1 cm³/mol. The van der Waals surface area contributed by atoms with Gasteiger partial charge in [0.05, 0.1) is 6.61 Å². The molecule has 1 atom stereocenters. The molecule has 0 aromatic carbocycles. The molecule has 10 heteroatoms. The summed E-state index contributed by atoms with van der Waals surface area (Å²) in [5, 5.41) is 8.79. The van der Waals surface area contributed by atoms with Crippen LogP contribution < -0.4 is 5.73 Å². The smallest absolute Gasteiger partial charge is 0.423 e. The normalized spacial score (nSPS) is 20.4. The van der Waals surface area contributed by atoms with Gasteiger partial charge in [0.25, 0.3) is 0 Å². The zero-order valence-electron chi connectivity index (χ0n) is 9.38. The third-order valence-electron chi connectivity index (χ3n) is 2.79. The molecule has 1 rings (SSSR count). The Morgan fingerprint density at radius 1 is 1.21 bits per heavy atom. The number of carboxylic acid groups (broad SMARTS) is 1. The largest absolute Gasteiger partial charge is 0.480 e. The van der Waals surface area contributed by atoms with Gasteiger partial charge in [0, 0.05) is 0 Å². The average molecular weight is 295 g/mol. The molecule has 1 saturated carbocycles. The first-order chi connectivity index (χ1) is 8.39. The molecule has 1 aliphatic carbocycles. The lowest BCUT2D eigenvalue weighted by Crippen LogP contribution is -2.56. The molecule has 0 spiro atoms. The van der Waals surface area contributed by atoms with Crippen LogP contribution in [-0.4, -0.2) is 41.7 Å². The fourth-order valence-corrected chi connectivity index (χ4v) is 1.55. The number of carbonyl (C=O) groups is 1. The van der Waals surface area contributed by atoms with Crippen molar-refractivity contribution in [3.63, 3.8) is 0 Å². The van der Waals surface area contributed by atoms with E-state index in [1.54, 1.807) is 0 Å². The van der Waals surface area contributed by atoms with Crippen molar-refractivity contribution >= 4 is 5.97 Å². The van der Waals surface area contributed by atoms with Crippen LogP contribution in [0.25, 0.3) is 0 Å². The Labute approximate surface area is 103 Å². The highest BCUT2D eigenvalue weighted by Crippen LogP contribution is 2.41. The van der Waals surface area contributed by atoms with Crippen LogP contribution in [0.4, 0.5) is 26.3 Å². The van der Waals surface area contributed by atoms with Crippen LogP contribution in [0.5, 0.6) is 0 Å². The third kappa shape index (κ3) is 3.72. The van der Waals surface area contributed by atoms with E-state index in [-0.39, 0.29) is 0 Å². The Balaban J connectivity index is 2.79. The molecule has 0 aliphatic heterocycles. The van der Waals surface area contributed by atoms with Crippen molar-refractivity contribution in [1.82, 2.24) is 0 Å². The van der Waals surface area contributed by atoms with Crippen LogP contribution in [0.1, 0.15) is 12.8 Å². The van der Waals surface area contributed by atoms with Crippen LogP contribution in [0.2, 0.25) is 0 Å². The lowest BCUT2D eigenvalue weighted by molar-refractivity contribution is -0.324. The standard InChI is InChI=1S/C9H11F6NO3/c10-8(11,12)5(9(13,14)15)19-3-7(16,6(17)18)4-1-2-4/h4-5H,1-3,16H2,(H,17,18). The molecule has 3 N–H and O–H groups in total. The van der Waals surface area contributed by atoms with Crippen LogP contribution in [0, 0.1) is 5.92 Å². The van der Waals surface area contributed by atoms with Crippen LogP contribution in [0.3, 0.4) is 0 Å². The van der Waals surface area contributed by atoms with Crippen molar-refractivity contribution in [3.8, 4) is 0 Å². The highest BCUT2D eigenvalue weighted by atomic mass is 19.4. The number of halogens is 6. The van der Waals surface area contributed by atoms with E-state index < -0.39 is 42.5 Å². The van der Waals surface area contributed by atoms with E-state index in [4.69, 9.17) is 10.8 Å². The van der Waals surface area contributed by atoms with E-state index >= 15 is 0 Å². The van der Waals surface area contributed by atoms with Crippen molar-refractivity contribution in [2.75, 3.05) is 6.61 Å². The Kier molecular flexibility index (Phi) is 4.06. The van der Waals surface area contributed by atoms with E-state index in [0.717, 1.165) is 0 Å². The fourth-order valence-electron chi connectivity index (χ4n) is 1.55. The van der Waals surface area contributed by atoms with Gasteiger partial charge in [-0.1, -0.05) is 0 Å². The number of hydrogen-bond acceptors (Lipinski definition) is 3. The monoisotopic (exact) mass is 295 g/mol. The van der Waals surface area contributed by atoms with Gasteiger partial charge in [0.1, 0.15) is 5.54 Å². The average Bonchev–Trinajstić information content (AvgIpc) is 2.95. The van der Waals surface area contributed by atoms with Gasteiger partial charge in [-0.25, -0.2) is 0 Å². The van der Waals surface area contributed by atoms with Crippen molar-refractivity contribution in [2.45, 2.75) is 36.8 Å². The Morgan fingerprint density at radius 2 is 1.63 bits per heavy atom. The molecule has 0 bridgehead atoms. The molecule has 4 nitrogen and oxygen atoms in total. The molecule has 0 aromatic rings. The van der Waals surface area contributed by atoms with Gasteiger partial charge in [0.2, 0.25) is 6.10 Å². The molecule has 1 aliphatic rings. The first-order valence-electron chi connectivity index (χ1n) is 5.16. The first-order valence-corrected chi connectivity index (χ1v) is 5.16. The number of carboxylic acids is 1. The summed E-state index contributed by atoms with van der Waals surface area (Å²) in [4.78, 5) is 10.8. The minimum absolute atomic E-state index is 0.328. The van der Waals surface area contributed by atoms with Crippen LogP contribution in [0.15, 0.2) is 0 Å². The minimum atomic E-state index is -5.68. The molecule has 112 valence electrons. The van der Waals surface area contributed by atoms with E-state index in [2.05, 4.69) is 4.74 Å². The van der Waals surface area contributed by atoms with Gasteiger partial charge >= 0.3 is 18.3 Å². The molecular weight excluding hydrogens is 284 g/mol. The second kappa shape index (κ2) is 4.82. The van der Waals surface area contributed by atoms with Crippen molar-refractivity contribution < 1.29 is 41.0 Å². The number of nitrogens with two attached hydrogens (primary N) is 1. The summed E-state index contributed by atoms with van der Waals surface area (Å²) in [6, 6.07) is 0. The summed E-state index contributed by atoms with van der Waals surface area (Å²) in [7, 11) is 0. The lowest BCUT2D eigenvalue weighted by atomic mass is 9.96. The second-order valence-corrected chi connectivity index (χ2v) is 4.39. The number of ether oxygens (including phenoxy) is 1. The third-order valence-corrected chi connectivity index (χ3v) is 2.79. The minimum Gasteiger partial charge on any atom is -0.480 e. The molecular formula is C9H11F6NO3. The van der Waals surface area contributed by atoms with E-state index in [9.17, 15) is 31.1 Å². The molecule has 1 fully saturated rings. The Hall–Kier alpha value is -1.03. The molecule has 0 amide bonds. The van der Waals surface area contributed by atoms with Crippen molar-refractivity contribution in [3.05, 3.63) is 0 Å². The second-order valence-electron chi connectivity index (χ2n) is 4.39.